The Morgan fingerprint density at radius 2 is 1.84 bits per heavy atom. The zero-order valence-electron chi connectivity index (χ0n) is 17.2. The summed E-state index contributed by atoms with van der Waals surface area (Å²) >= 11 is 0. The third-order valence-electron chi connectivity index (χ3n) is 5.57. The van der Waals surface area contributed by atoms with Crippen LogP contribution in [0.4, 0.5) is 0 Å². The Hall–Kier alpha value is -2.88. The molecule has 0 saturated carbocycles. The number of aromatic nitrogens is 1. The van der Waals surface area contributed by atoms with Crippen LogP contribution in [0.25, 0.3) is 10.9 Å². The molecule has 0 unspecified atom stereocenters. The fourth-order valence-electron chi connectivity index (χ4n) is 3.96. The number of H-pyrrole nitrogens is 1. The van der Waals surface area contributed by atoms with E-state index >= 15 is 0 Å². The number of rotatable bonds is 7. The number of hydrogen-bond acceptors (Lipinski definition) is 5. The average Bonchev–Trinajstić information content (AvgIpc) is 3.15. The largest absolute Gasteiger partial charge is 0.489 e. The molecule has 3 aromatic rings. The van der Waals surface area contributed by atoms with Gasteiger partial charge in [-0.25, -0.2) is 8.42 Å². The smallest absolute Gasteiger partial charge is 0.325 e. The van der Waals surface area contributed by atoms with Crippen LogP contribution in [0.3, 0.4) is 0 Å². The summed E-state index contributed by atoms with van der Waals surface area (Å²) in [6.45, 7) is 1.72. The number of aliphatic carboxylic acids is 1. The molecule has 8 nitrogen and oxygen atoms in total. The molecule has 1 saturated heterocycles. The minimum Gasteiger partial charge on any atom is -0.489 e. The van der Waals surface area contributed by atoms with E-state index in [1.54, 1.807) is 6.20 Å². The Bertz CT molecular complexity index is 1170. The van der Waals surface area contributed by atoms with Gasteiger partial charge < -0.3 is 14.8 Å². The van der Waals surface area contributed by atoms with E-state index < -0.39 is 22.0 Å². The molecule has 2 aromatic carbocycles. The second-order valence-electron chi connectivity index (χ2n) is 7.66. The van der Waals surface area contributed by atoms with E-state index in [9.17, 15) is 18.3 Å². The van der Waals surface area contributed by atoms with Gasteiger partial charge in [0.2, 0.25) is 10.0 Å². The number of carboxylic acids is 1. The van der Waals surface area contributed by atoms with Gasteiger partial charge in [-0.3, -0.25) is 9.69 Å². The minimum absolute atomic E-state index is 0.280. The van der Waals surface area contributed by atoms with Crippen LogP contribution in [-0.4, -0.2) is 66.1 Å². The summed E-state index contributed by atoms with van der Waals surface area (Å²) < 4.78 is 30.8. The van der Waals surface area contributed by atoms with Crippen LogP contribution in [0.1, 0.15) is 17.2 Å². The van der Waals surface area contributed by atoms with Gasteiger partial charge in [-0.1, -0.05) is 30.3 Å². The standard InChI is InChI=1S/C22H25N3O5S/c1-31(28,29)25-11-9-24(10-12-25)21(22(26)27)19-14-23-20-13-17(7-8-18(19)20)30-15-16-5-3-2-4-6-16/h2-8,13-14,21,23H,9-12,15H2,1H3,(H,26,27)/t21-/m0/s1. The van der Waals surface area contributed by atoms with Gasteiger partial charge in [-0.05, 0) is 17.7 Å². The summed E-state index contributed by atoms with van der Waals surface area (Å²) in [7, 11) is -3.27. The first-order valence-electron chi connectivity index (χ1n) is 10.0. The van der Waals surface area contributed by atoms with E-state index in [0.29, 0.717) is 31.0 Å². The summed E-state index contributed by atoms with van der Waals surface area (Å²) in [5, 5.41) is 10.7. The number of sulfonamides is 1. The number of piperazine rings is 1. The van der Waals surface area contributed by atoms with E-state index in [4.69, 9.17) is 4.74 Å². The molecule has 0 radical (unpaired) electrons. The lowest BCUT2D eigenvalue weighted by Gasteiger charge is -2.36. The van der Waals surface area contributed by atoms with Crippen molar-refractivity contribution in [1.29, 1.82) is 0 Å². The number of nitrogens with one attached hydrogen (secondary N) is 1. The van der Waals surface area contributed by atoms with E-state index in [1.807, 2.05) is 53.4 Å². The second-order valence-corrected chi connectivity index (χ2v) is 9.65. The summed E-state index contributed by atoms with van der Waals surface area (Å²) in [6, 6.07) is 14.6. The van der Waals surface area contributed by atoms with Gasteiger partial charge in [0.05, 0.1) is 6.26 Å². The molecule has 1 atom stereocenters. The zero-order chi connectivity index (χ0) is 22.0. The number of hydrogen-bond donors (Lipinski definition) is 2. The van der Waals surface area contributed by atoms with Crippen LogP contribution in [0.15, 0.2) is 54.7 Å². The first-order valence-corrected chi connectivity index (χ1v) is 11.9. The summed E-state index contributed by atoms with van der Waals surface area (Å²) in [5.41, 5.74) is 2.51. The Morgan fingerprint density at radius 1 is 1.13 bits per heavy atom. The van der Waals surface area contributed by atoms with Crippen molar-refractivity contribution in [2.24, 2.45) is 0 Å². The van der Waals surface area contributed by atoms with Crippen LogP contribution in [0, 0.1) is 0 Å². The van der Waals surface area contributed by atoms with Crippen LogP contribution >= 0.6 is 0 Å². The van der Waals surface area contributed by atoms with Crippen LogP contribution in [0.2, 0.25) is 0 Å². The third kappa shape index (κ3) is 4.73. The maximum Gasteiger partial charge on any atom is 0.325 e. The Balaban J connectivity index is 1.52. The molecule has 1 fully saturated rings. The molecule has 1 aromatic heterocycles. The fraction of sp³-hybridized carbons (Fsp3) is 0.318. The van der Waals surface area contributed by atoms with Crippen molar-refractivity contribution in [3.8, 4) is 5.75 Å². The number of carbonyl (C=O) groups is 1. The molecule has 4 rings (SSSR count). The van der Waals surface area contributed by atoms with E-state index in [-0.39, 0.29) is 13.1 Å². The summed E-state index contributed by atoms with van der Waals surface area (Å²) in [6.07, 6.45) is 2.89. The summed E-state index contributed by atoms with van der Waals surface area (Å²) in [4.78, 5) is 17.1. The van der Waals surface area contributed by atoms with Gasteiger partial charge in [0.1, 0.15) is 18.4 Å². The first kappa shape index (κ1) is 21.4. The average molecular weight is 444 g/mol. The molecule has 31 heavy (non-hydrogen) atoms. The normalized spacial score (nSPS) is 16.9. The van der Waals surface area contributed by atoms with E-state index in [2.05, 4.69) is 4.98 Å². The lowest BCUT2D eigenvalue weighted by Crippen LogP contribution is -2.50. The van der Waals surface area contributed by atoms with Gasteiger partial charge in [0, 0.05) is 54.9 Å². The highest BCUT2D eigenvalue weighted by molar-refractivity contribution is 7.88. The SMILES string of the molecule is CS(=O)(=O)N1CCN([C@H](C(=O)O)c2c[nH]c3cc(OCc4ccccc4)ccc23)CC1. The number of fused-ring (bicyclic) bond motifs is 1. The molecular formula is C22H25N3O5S. The van der Waals surface area contributed by atoms with Crippen molar-refractivity contribution in [3.05, 3.63) is 65.9 Å². The van der Waals surface area contributed by atoms with Crippen LogP contribution < -0.4 is 4.74 Å². The predicted molar refractivity (Wildman–Crippen MR) is 117 cm³/mol. The number of ether oxygens (including phenoxy) is 1. The van der Waals surface area contributed by atoms with Gasteiger partial charge in [0.15, 0.2) is 0 Å². The van der Waals surface area contributed by atoms with Gasteiger partial charge >= 0.3 is 5.97 Å². The predicted octanol–water partition coefficient (Wildman–Crippen LogP) is 2.45. The molecular weight excluding hydrogens is 418 g/mol. The Labute approximate surface area is 181 Å². The molecule has 1 aliphatic rings. The molecule has 0 bridgehead atoms. The lowest BCUT2D eigenvalue weighted by atomic mass is 10.0. The Morgan fingerprint density at radius 3 is 2.48 bits per heavy atom. The number of aromatic amines is 1. The van der Waals surface area contributed by atoms with Crippen LogP contribution in [-0.2, 0) is 21.4 Å². The lowest BCUT2D eigenvalue weighted by molar-refractivity contribution is -0.144. The third-order valence-corrected chi connectivity index (χ3v) is 6.87. The summed E-state index contributed by atoms with van der Waals surface area (Å²) in [5.74, 6) is -0.267. The molecule has 1 aliphatic heterocycles. The molecule has 0 aliphatic carbocycles. The highest BCUT2D eigenvalue weighted by atomic mass is 32.2. The van der Waals surface area contributed by atoms with E-state index in [1.165, 1.54) is 10.6 Å². The van der Waals surface area contributed by atoms with Crippen molar-refractivity contribution < 1.29 is 23.1 Å². The van der Waals surface area contributed by atoms with Crippen molar-refractivity contribution in [3.63, 3.8) is 0 Å². The maximum absolute atomic E-state index is 12.1. The maximum atomic E-state index is 12.1. The van der Waals surface area contributed by atoms with Gasteiger partial charge in [0.25, 0.3) is 0 Å². The first-order chi connectivity index (χ1) is 14.8. The molecule has 2 heterocycles. The monoisotopic (exact) mass is 443 g/mol. The number of carboxylic acid groups (broad SMARTS) is 1. The second kappa shape index (κ2) is 8.70. The quantitative estimate of drug-likeness (QED) is 0.582. The van der Waals surface area contributed by atoms with Gasteiger partial charge in [-0.15, -0.1) is 0 Å². The molecule has 2 N–H and O–H groups in total. The molecule has 164 valence electrons. The fourth-order valence-corrected chi connectivity index (χ4v) is 4.79. The molecule has 0 amide bonds. The number of benzene rings is 2. The van der Waals surface area contributed by atoms with E-state index in [0.717, 1.165) is 16.5 Å². The topological polar surface area (TPSA) is 103 Å². The zero-order valence-corrected chi connectivity index (χ0v) is 18.0. The van der Waals surface area contributed by atoms with Gasteiger partial charge in [-0.2, -0.15) is 4.31 Å². The van der Waals surface area contributed by atoms with Crippen molar-refractivity contribution in [1.82, 2.24) is 14.2 Å². The van der Waals surface area contributed by atoms with Crippen molar-refractivity contribution in [2.75, 3.05) is 32.4 Å². The Kier molecular flexibility index (Phi) is 5.99. The van der Waals surface area contributed by atoms with Crippen molar-refractivity contribution in [2.45, 2.75) is 12.6 Å². The van der Waals surface area contributed by atoms with Crippen molar-refractivity contribution >= 4 is 26.9 Å². The highest BCUT2D eigenvalue weighted by Gasteiger charge is 2.33. The molecule has 0 spiro atoms. The molecule has 9 heteroatoms. The number of nitrogens with zero attached hydrogens (tertiary/aromatic N) is 2. The van der Waals surface area contributed by atoms with Crippen LogP contribution in [0.5, 0.6) is 5.75 Å². The highest BCUT2D eigenvalue weighted by Crippen LogP contribution is 2.31. The minimum atomic E-state index is -3.27.